The zero-order valence-corrected chi connectivity index (χ0v) is 11.8. The Morgan fingerprint density at radius 2 is 2.00 bits per heavy atom. The van der Waals surface area contributed by atoms with Crippen LogP contribution in [0.4, 0.5) is 4.39 Å². The summed E-state index contributed by atoms with van der Waals surface area (Å²) in [7, 11) is 0. The molecule has 1 aromatic heterocycles. The molecule has 104 valence electrons. The number of aromatic nitrogens is 1. The van der Waals surface area contributed by atoms with Crippen LogP contribution in [0.1, 0.15) is 29.4 Å². The second kappa shape index (κ2) is 6.52. The Labute approximate surface area is 120 Å². The van der Waals surface area contributed by atoms with Crippen molar-refractivity contribution in [2.45, 2.75) is 29.7 Å². The molecule has 0 aliphatic carbocycles. The van der Waals surface area contributed by atoms with Crippen molar-refractivity contribution in [1.29, 1.82) is 0 Å². The quantitative estimate of drug-likeness (QED) is 0.904. The molecule has 1 N–H and O–H groups in total. The monoisotopic (exact) mass is 291 g/mol. The number of aryl methyl sites for hydroxylation is 1. The minimum atomic E-state index is -0.967. The molecule has 1 heterocycles. The van der Waals surface area contributed by atoms with Crippen LogP contribution >= 0.6 is 11.8 Å². The highest BCUT2D eigenvalue weighted by molar-refractivity contribution is 7.99. The third-order valence-corrected chi connectivity index (χ3v) is 3.57. The molecule has 0 amide bonds. The van der Waals surface area contributed by atoms with Crippen LogP contribution in [-0.2, 0) is 6.42 Å². The number of rotatable bonds is 5. The van der Waals surface area contributed by atoms with Crippen molar-refractivity contribution in [3.05, 3.63) is 53.5 Å². The minimum absolute atomic E-state index is 0.230. The molecule has 2 aromatic rings. The molecule has 0 bridgehead atoms. The fourth-order valence-electron chi connectivity index (χ4n) is 1.74. The molecule has 0 radical (unpaired) electrons. The van der Waals surface area contributed by atoms with Gasteiger partial charge in [0, 0.05) is 10.6 Å². The number of benzene rings is 1. The van der Waals surface area contributed by atoms with E-state index in [1.54, 1.807) is 18.2 Å². The van der Waals surface area contributed by atoms with Gasteiger partial charge in [-0.3, -0.25) is 0 Å². The summed E-state index contributed by atoms with van der Waals surface area (Å²) in [6.07, 6.45) is 1.63. The topological polar surface area (TPSA) is 50.2 Å². The normalized spacial score (nSPS) is 10.5. The van der Waals surface area contributed by atoms with Crippen molar-refractivity contribution in [3.63, 3.8) is 0 Å². The highest BCUT2D eigenvalue weighted by Crippen LogP contribution is 2.27. The van der Waals surface area contributed by atoms with Crippen LogP contribution in [0.3, 0.4) is 0 Å². The number of carboxylic acid groups (broad SMARTS) is 1. The van der Waals surface area contributed by atoms with Crippen molar-refractivity contribution < 1.29 is 14.3 Å². The van der Waals surface area contributed by atoms with Crippen LogP contribution in [0.25, 0.3) is 0 Å². The first kappa shape index (κ1) is 14.5. The van der Waals surface area contributed by atoms with Gasteiger partial charge in [-0.25, -0.2) is 14.2 Å². The lowest BCUT2D eigenvalue weighted by molar-refractivity contribution is 0.0696. The van der Waals surface area contributed by atoms with Crippen LogP contribution in [-0.4, -0.2) is 16.1 Å². The SMILES string of the molecule is CCCc1cc(C(=O)O)cc(Sc2ccc(F)cc2)n1. The van der Waals surface area contributed by atoms with Crippen LogP contribution in [0.15, 0.2) is 46.3 Å². The number of hydrogen-bond acceptors (Lipinski definition) is 3. The number of carboxylic acids is 1. The Hall–Kier alpha value is -1.88. The lowest BCUT2D eigenvalue weighted by Crippen LogP contribution is -2.01. The van der Waals surface area contributed by atoms with E-state index in [2.05, 4.69) is 4.98 Å². The second-order valence-corrected chi connectivity index (χ2v) is 5.39. The van der Waals surface area contributed by atoms with E-state index < -0.39 is 5.97 Å². The van der Waals surface area contributed by atoms with Gasteiger partial charge in [0.05, 0.1) is 5.56 Å². The molecule has 0 fully saturated rings. The van der Waals surface area contributed by atoms with E-state index in [1.165, 1.54) is 30.0 Å². The molecule has 5 heteroatoms. The summed E-state index contributed by atoms with van der Waals surface area (Å²) < 4.78 is 12.9. The number of carbonyl (C=O) groups is 1. The van der Waals surface area contributed by atoms with Gasteiger partial charge in [0.15, 0.2) is 0 Å². The van der Waals surface area contributed by atoms with Crippen LogP contribution in [0.5, 0.6) is 0 Å². The Kier molecular flexibility index (Phi) is 4.74. The number of halogens is 1. The standard InChI is InChI=1S/C15H14FNO2S/c1-2-3-12-8-10(15(18)19)9-14(17-12)20-13-6-4-11(16)5-7-13/h4-9H,2-3H2,1H3,(H,18,19). The van der Waals surface area contributed by atoms with Crippen molar-refractivity contribution in [3.8, 4) is 0 Å². The maximum absolute atomic E-state index is 12.9. The van der Waals surface area contributed by atoms with Crippen molar-refractivity contribution in [1.82, 2.24) is 4.98 Å². The maximum atomic E-state index is 12.9. The van der Waals surface area contributed by atoms with Gasteiger partial charge < -0.3 is 5.11 Å². The molecule has 2 rings (SSSR count). The predicted molar refractivity (Wildman–Crippen MR) is 75.7 cm³/mol. The summed E-state index contributed by atoms with van der Waals surface area (Å²) in [5.74, 6) is -1.26. The molecular formula is C15H14FNO2S. The largest absolute Gasteiger partial charge is 0.478 e. The molecule has 0 aliphatic rings. The molecule has 0 saturated heterocycles. The van der Waals surface area contributed by atoms with Crippen molar-refractivity contribution in [2.24, 2.45) is 0 Å². The summed E-state index contributed by atoms with van der Waals surface area (Å²) in [5, 5.41) is 9.73. The second-order valence-electron chi connectivity index (χ2n) is 4.30. The highest BCUT2D eigenvalue weighted by Gasteiger charge is 2.09. The molecule has 0 aliphatic heterocycles. The highest BCUT2D eigenvalue weighted by atomic mass is 32.2. The summed E-state index contributed by atoms with van der Waals surface area (Å²) >= 11 is 1.33. The van der Waals surface area contributed by atoms with E-state index in [9.17, 15) is 9.18 Å². The third-order valence-electron chi connectivity index (χ3n) is 2.64. The Balaban J connectivity index is 2.29. The molecule has 3 nitrogen and oxygen atoms in total. The van der Waals surface area contributed by atoms with Gasteiger partial charge >= 0.3 is 5.97 Å². The molecule has 20 heavy (non-hydrogen) atoms. The van der Waals surface area contributed by atoms with Crippen LogP contribution in [0.2, 0.25) is 0 Å². The predicted octanol–water partition coefficient (Wildman–Crippen LogP) is 4.02. The lowest BCUT2D eigenvalue weighted by Gasteiger charge is -2.06. The fraction of sp³-hybridized carbons (Fsp3) is 0.200. The third kappa shape index (κ3) is 3.81. The average molecular weight is 291 g/mol. The zero-order chi connectivity index (χ0) is 14.5. The van der Waals surface area contributed by atoms with Crippen LogP contribution in [0, 0.1) is 5.82 Å². The smallest absolute Gasteiger partial charge is 0.335 e. The summed E-state index contributed by atoms with van der Waals surface area (Å²) in [5.41, 5.74) is 0.991. The van der Waals surface area contributed by atoms with E-state index >= 15 is 0 Å². The summed E-state index contributed by atoms with van der Waals surface area (Å²) in [6.45, 7) is 2.02. The minimum Gasteiger partial charge on any atom is -0.478 e. The lowest BCUT2D eigenvalue weighted by atomic mass is 10.2. The maximum Gasteiger partial charge on any atom is 0.335 e. The van der Waals surface area contributed by atoms with E-state index in [4.69, 9.17) is 5.11 Å². The number of pyridine rings is 1. The molecule has 0 atom stereocenters. The molecule has 0 unspecified atom stereocenters. The van der Waals surface area contributed by atoms with Gasteiger partial charge in [-0.1, -0.05) is 25.1 Å². The van der Waals surface area contributed by atoms with E-state index in [0.29, 0.717) is 5.03 Å². The van der Waals surface area contributed by atoms with E-state index in [0.717, 1.165) is 23.4 Å². The van der Waals surface area contributed by atoms with Crippen LogP contribution < -0.4 is 0 Å². The van der Waals surface area contributed by atoms with Gasteiger partial charge in [-0.05, 0) is 42.8 Å². The Bertz CT molecular complexity index is 614. The van der Waals surface area contributed by atoms with Gasteiger partial charge in [-0.15, -0.1) is 0 Å². The Morgan fingerprint density at radius 3 is 2.60 bits per heavy atom. The zero-order valence-electron chi connectivity index (χ0n) is 11.0. The fourth-order valence-corrected chi connectivity index (χ4v) is 2.61. The van der Waals surface area contributed by atoms with Gasteiger partial charge in [0.25, 0.3) is 0 Å². The number of nitrogens with zero attached hydrogens (tertiary/aromatic N) is 1. The number of hydrogen-bond donors (Lipinski definition) is 1. The van der Waals surface area contributed by atoms with E-state index in [-0.39, 0.29) is 11.4 Å². The first-order valence-electron chi connectivity index (χ1n) is 6.26. The molecule has 0 spiro atoms. The summed E-state index contributed by atoms with van der Waals surface area (Å²) in [6, 6.07) is 9.17. The average Bonchev–Trinajstić information content (AvgIpc) is 2.41. The first-order chi connectivity index (χ1) is 9.58. The molecule has 1 aromatic carbocycles. The van der Waals surface area contributed by atoms with Gasteiger partial charge in [0.2, 0.25) is 0 Å². The first-order valence-corrected chi connectivity index (χ1v) is 7.08. The molecule has 0 saturated carbocycles. The molecular weight excluding hydrogens is 277 g/mol. The van der Waals surface area contributed by atoms with E-state index in [1.807, 2.05) is 6.92 Å². The van der Waals surface area contributed by atoms with Crippen molar-refractivity contribution >= 4 is 17.7 Å². The number of aromatic carboxylic acids is 1. The Morgan fingerprint density at radius 1 is 1.30 bits per heavy atom. The van der Waals surface area contributed by atoms with Gasteiger partial charge in [0.1, 0.15) is 10.8 Å². The van der Waals surface area contributed by atoms with Gasteiger partial charge in [-0.2, -0.15) is 0 Å². The summed E-state index contributed by atoms with van der Waals surface area (Å²) in [4.78, 5) is 16.4. The van der Waals surface area contributed by atoms with Crippen molar-refractivity contribution in [2.75, 3.05) is 0 Å².